The van der Waals surface area contributed by atoms with Crippen molar-refractivity contribution < 1.29 is 14.3 Å². The summed E-state index contributed by atoms with van der Waals surface area (Å²) in [5.41, 5.74) is 2.32. The molecule has 148 valence electrons. The fraction of sp³-hybridized carbons (Fsp3) is 0.600. The van der Waals surface area contributed by atoms with Crippen molar-refractivity contribution in [2.75, 3.05) is 52.5 Å². The van der Waals surface area contributed by atoms with Crippen LogP contribution in [0.2, 0.25) is 0 Å². The van der Waals surface area contributed by atoms with E-state index in [9.17, 15) is 9.59 Å². The molecule has 27 heavy (non-hydrogen) atoms. The third-order valence-corrected chi connectivity index (χ3v) is 5.31. The number of morpholine rings is 1. The molecule has 2 aliphatic rings. The smallest absolute Gasteiger partial charge is 0.318 e. The van der Waals surface area contributed by atoms with E-state index in [-0.39, 0.29) is 11.9 Å². The van der Waals surface area contributed by atoms with Crippen LogP contribution in [0.1, 0.15) is 18.1 Å². The minimum atomic E-state index is -0.437. The first-order chi connectivity index (χ1) is 13.0. The van der Waals surface area contributed by atoms with Crippen molar-refractivity contribution in [3.8, 4) is 0 Å². The van der Waals surface area contributed by atoms with Crippen molar-refractivity contribution in [2.24, 2.45) is 0 Å². The Labute approximate surface area is 161 Å². The molecule has 3 amide bonds. The molecule has 2 heterocycles. The first-order valence-corrected chi connectivity index (χ1v) is 9.73. The second-order valence-electron chi connectivity index (χ2n) is 7.30. The summed E-state index contributed by atoms with van der Waals surface area (Å²) >= 11 is 0. The van der Waals surface area contributed by atoms with Crippen LogP contribution in [-0.4, -0.2) is 85.2 Å². The van der Waals surface area contributed by atoms with Gasteiger partial charge in [0.1, 0.15) is 6.04 Å². The lowest BCUT2D eigenvalue weighted by atomic mass is 10.1. The van der Waals surface area contributed by atoms with Crippen LogP contribution in [0.5, 0.6) is 0 Å². The molecular formula is C20H30N4O3. The maximum Gasteiger partial charge on any atom is 0.318 e. The van der Waals surface area contributed by atoms with E-state index in [1.54, 1.807) is 4.90 Å². The zero-order valence-corrected chi connectivity index (χ0v) is 16.3. The SMILES string of the molecule is Cc1ccc(CN2CCN(C(=O)NCCN3CCOCC3)[C@H](C)C2=O)cc1. The normalized spacial score (nSPS) is 21.4. The van der Waals surface area contributed by atoms with Gasteiger partial charge in [-0.15, -0.1) is 0 Å². The van der Waals surface area contributed by atoms with E-state index in [4.69, 9.17) is 4.74 Å². The average Bonchev–Trinajstić information content (AvgIpc) is 2.68. The Morgan fingerprint density at radius 1 is 1.15 bits per heavy atom. The molecule has 2 saturated heterocycles. The van der Waals surface area contributed by atoms with Crippen molar-refractivity contribution in [3.63, 3.8) is 0 Å². The molecule has 1 N–H and O–H groups in total. The number of amides is 3. The van der Waals surface area contributed by atoms with Crippen LogP contribution in [0, 0.1) is 6.92 Å². The second-order valence-corrected chi connectivity index (χ2v) is 7.30. The molecule has 0 aliphatic carbocycles. The number of carbonyl (C=O) groups is 2. The van der Waals surface area contributed by atoms with E-state index in [1.807, 2.05) is 18.7 Å². The molecule has 1 atom stereocenters. The molecule has 0 spiro atoms. The van der Waals surface area contributed by atoms with E-state index in [0.29, 0.717) is 26.2 Å². The van der Waals surface area contributed by atoms with E-state index in [2.05, 4.69) is 34.5 Å². The molecule has 0 saturated carbocycles. The van der Waals surface area contributed by atoms with Gasteiger partial charge in [-0.2, -0.15) is 0 Å². The Bertz CT molecular complexity index is 643. The molecule has 2 fully saturated rings. The van der Waals surface area contributed by atoms with Crippen LogP contribution in [0.3, 0.4) is 0 Å². The third-order valence-electron chi connectivity index (χ3n) is 5.31. The summed E-state index contributed by atoms with van der Waals surface area (Å²) in [5.74, 6) is 0.00477. The highest BCUT2D eigenvalue weighted by Crippen LogP contribution is 2.15. The predicted molar refractivity (Wildman–Crippen MR) is 103 cm³/mol. The molecule has 3 rings (SSSR count). The van der Waals surface area contributed by atoms with Gasteiger partial charge in [-0.25, -0.2) is 4.79 Å². The van der Waals surface area contributed by atoms with Crippen LogP contribution >= 0.6 is 0 Å². The van der Waals surface area contributed by atoms with Crippen LogP contribution in [-0.2, 0) is 16.1 Å². The van der Waals surface area contributed by atoms with Gasteiger partial charge in [0, 0.05) is 45.8 Å². The highest BCUT2D eigenvalue weighted by Gasteiger charge is 2.34. The molecule has 7 nitrogen and oxygen atoms in total. The van der Waals surface area contributed by atoms with Gasteiger partial charge in [-0.1, -0.05) is 29.8 Å². The summed E-state index contributed by atoms with van der Waals surface area (Å²) in [6, 6.07) is 7.63. The Morgan fingerprint density at radius 3 is 2.56 bits per heavy atom. The van der Waals surface area contributed by atoms with Crippen LogP contribution < -0.4 is 5.32 Å². The molecule has 0 unspecified atom stereocenters. The van der Waals surface area contributed by atoms with Crippen molar-refractivity contribution in [1.82, 2.24) is 20.0 Å². The minimum Gasteiger partial charge on any atom is -0.379 e. The van der Waals surface area contributed by atoms with Gasteiger partial charge >= 0.3 is 6.03 Å². The Balaban J connectivity index is 1.46. The molecule has 2 aliphatic heterocycles. The first kappa shape index (κ1) is 19.6. The number of hydrogen-bond acceptors (Lipinski definition) is 4. The van der Waals surface area contributed by atoms with E-state index in [1.165, 1.54) is 5.56 Å². The van der Waals surface area contributed by atoms with Crippen molar-refractivity contribution >= 4 is 11.9 Å². The van der Waals surface area contributed by atoms with Gasteiger partial charge in [0.05, 0.1) is 13.2 Å². The van der Waals surface area contributed by atoms with Gasteiger partial charge in [0.25, 0.3) is 0 Å². The van der Waals surface area contributed by atoms with E-state index >= 15 is 0 Å². The number of aryl methyl sites for hydroxylation is 1. The number of ether oxygens (including phenoxy) is 1. The van der Waals surface area contributed by atoms with Gasteiger partial charge in [0.15, 0.2) is 0 Å². The Hall–Kier alpha value is -2.12. The maximum absolute atomic E-state index is 12.7. The fourth-order valence-electron chi connectivity index (χ4n) is 3.53. The molecule has 1 aromatic rings. The topological polar surface area (TPSA) is 65.1 Å². The van der Waals surface area contributed by atoms with Crippen molar-refractivity contribution in [1.29, 1.82) is 0 Å². The van der Waals surface area contributed by atoms with Crippen molar-refractivity contribution in [2.45, 2.75) is 26.4 Å². The van der Waals surface area contributed by atoms with Crippen molar-refractivity contribution in [3.05, 3.63) is 35.4 Å². The number of nitrogens with zero attached hydrogens (tertiary/aromatic N) is 3. The largest absolute Gasteiger partial charge is 0.379 e. The van der Waals surface area contributed by atoms with E-state index in [0.717, 1.165) is 38.4 Å². The number of hydrogen-bond donors (Lipinski definition) is 1. The summed E-state index contributed by atoms with van der Waals surface area (Å²) in [6.07, 6.45) is 0. The zero-order valence-electron chi connectivity index (χ0n) is 16.3. The number of piperazine rings is 1. The van der Waals surface area contributed by atoms with E-state index < -0.39 is 6.04 Å². The first-order valence-electron chi connectivity index (χ1n) is 9.73. The molecule has 7 heteroatoms. The summed E-state index contributed by atoms with van der Waals surface area (Å²) in [4.78, 5) is 31.0. The second kappa shape index (κ2) is 9.19. The average molecular weight is 374 g/mol. The number of urea groups is 1. The van der Waals surface area contributed by atoms with Gasteiger partial charge in [-0.3, -0.25) is 9.69 Å². The lowest BCUT2D eigenvalue weighted by Crippen LogP contribution is -2.59. The highest BCUT2D eigenvalue weighted by atomic mass is 16.5. The number of rotatable bonds is 5. The minimum absolute atomic E-state index is 0.00477. The van der Waals surface area contributed by atoms with Crippen LogP contribution in [0.4, 0.5) is 4.79 Å². The highest BCUT2D eigenvalue weighted by molar-refractivity contribution is 5.88. The summed E-state index contributed by atoms with van der Waals surface area (Å²) < 4.78 is 5.33. The molecule has 0 aromatic heterocycles. The van der Waals surface area contributed by atoms with Crippen LogP contribution in [0.25, 0.3) is 0 Å². The monoisotopic (exact) mass is 374 g/mol. The van der Waals surface area contributed by atoms with Gasteiger partial charge in [0.2, 0.25) is 5.91 Å². The van der Waals surface area contributed by atoms with Gasteiger partial charge in [-0.05, 0) is 19.4 Å². The summed E-state index contributed by atoms with van der Waals surface area (Å²) in [5, 5.41) is 2.96. The third kappa shape index (κ3) is 5.20. The van der Waals surface area contributed by atoms with Gasteiger partial charge < -0.3 is 19.9 Å². The lowest BCUT2D eigenvalue weighted by molar-refractivity contribution is -0.139. The summed E-state index contributed by atoms with van der Waals surface area (Å²) in [7, 11) is 0. The lowest BCUT2D eigenvalue weighted by Gasteiger charge is -2.39. The molecule has 1 aromatic carbocycles. The number of carbonyl (C=O) groups excluding carboxylic acids is 2. The Morgan fingerprint density at radius 2 is 1.85 bits per heavy atom. The quantitative estimate of drug-likeness (QED) is 0.837. The maximum atomic E-state index is 12.7. The number of nitrogens with one attached hydrogen (secondary N) is 1. The molecule has 0 radical (unpaired) electrons. The Kier molecular flexibility index (Phi) is 6.68. The fourth-order valence-corrected chi connectivity index (χ4v) is 3.53. The number of benzene rings is 1. The standard InChI is InChI=1S/C20H30N4O3/c1-16-3-5-18(6-4-16)15-23-9-10-24(17(2)19(23)25)20(26)21-7-8-22-11-13-27-14-12-22/h3-6,17H,7-15H2,1-2H3,(H,21,26)/t17-/m1/s1. The molecule has 0 bridgehead atoms. The zero-order chi connectivity index (χ0) is 19.2. The molecular weight excluding hydrogens is 344 g/mol. The summed E-state index contributed by atoms with van der Waals surface area (Å²) in [6.45, 7) is 10.3. The predicted octanol–water partition coefficient (Wildman–Crippen LogP) is 1.07. The van der Waals surface area contributed by atoms with Crippen LogP contribution in [0.15, 0.2) is 24.3 Å².